The van der Waals surface area contributed by atoms with Gasteiger partial charge in [-0.2, -0.15) is 0 Å². The highest BCUT2D eigenvalue weighted by molar-refractivity contribution is 9.10. The molecule has 0 saturated heterocycles. The lowest BCUT2D eigenvalue weighted by atomic mass is 9.95. The number of allylic oxidation sites excluding steroid dienone is 1. The SMILES string of the molecule is C=C(C)c1c(C)c(OC)c2ccc(Br)cc2c1OC(=O)OC(C)(C)C. The van der Waals surface area contributed by atoms with Crippen LogP contribution in [0.4, 0.5) is 4.79 Å². The molecule has 0 N–H and O–H groups in total. The first-order chi connectivity index (χ1) is 11.5. The van der Waals surface area contributed by atoms with E-state index in [1.165, 1.54) is 0 Å². The van der Waals surface area contributed by atoms with Crippen molar-refractivity contribution in [3.8, 4) is 11.5 Å². The largest absolute Gasteiger partial charge is 0.514 e. The average Bonchev–Trinajstić information content (AvgIpc) is 2.45. The zero-order chi connectivity index (χ0) is 18.9. The number of ether oxygens (including phenoxy) is 3. The van der Waals surface area contributed by atoms with Crippen LogP contribution in [-0.4, -0.2) is 18.9 Å². The molecule has 134 valence electrons. The predicted octanol–water partition coefficient (Wildman–Crippen LogP) is 6.27. The lowest BCUT2D eigenvalue weighted by Gasteiger charge is -2.22. The summed E-state index contributed by atoms with van der Waals surface area (Å²) in [5.74, 6) is 1.16. The first kappa shape index (κ1) is 19.3. The molecule has 2 aromatic rings. The van der Waals surface area contributed by atoms with E-state index in [4.69, 9.17) is 14.2 Å². The van der Waals surface area contributed by atoms with Gasteiger partial charge in [0.1, 0.15) is 17.1 Å². The highest BCUT2D eigenvalue weighted by Gasteiger charge is 2.24. The number of carbonyl (C=O) groups is 1. The number of carbonyl (C=O) groups excluding carboxylic acids is 1. The van der Waals surface area contributed by atoms with E-state index in [-0.39, 0.29) is 0 Å². The number of hydrogen-bond donors (Lipinski definition) is 0. The van der Waals surface area contributed by atoms with Crippen LogP contribution in [0.25, 0.3) is 16.3 Å². The number of benzene rings is 2. The van der Waals surface area contributed by atoms with E-state index in [9.17, 15) is 4.79 Å². The summed E-state index contributed by atoms with van der Waals surface area (Å²) in [7, 11) is 1.63. The molecule has 0 bridgehead atoms. The van der Waals surface area contributed by atoms with Crippen molar-refractivity contribution in [2.24, 2.45) is 0 Å². The van der Waals surface area contributed by atoms with Gasteiger partial charge in [0, 0.05) is 26.4 Å². The van der Waals surface area contributed by atoms with E-state index >= 15 is 0 Å². The normalized spacial score (nSPS) is 11.3. The van der Waals surface area contributed by atoms with Crippen molar-refractivity contribution in [3.63, 3.8) is 0 Å². The molecule has 0 unspecified atom stereocenters. The zero-order valence-electron chi connectivity index (χ0n) is 15.5. The van der Waals surface area contributed by atoms with E-state index in [1.54, 1.807) is 27.9 Å². The van der Waals surface area contributed by atoms with Gasteiger partial charge in [-0.15, -0.1) is 0 Å². The molecule has 0 aliphatic rings. The minimum atomic E-state index is -0.749. The van der Waals surface area contributed by atoms with Gasteiger partial charge < -0.3 is 14.2 Å². The highest BCUT2D eigenvalue weighted by Crippen LogP contribution is 2.44. The zero-order valence-corrected chi connectivity index (χ0v) is 17.0. The first-order valence-corrected chi connectivity index (χ1v) is 8.71. The van der Waals surface area contributed by atoms with Crippen molar-refractivity contribution in [2.45, 2.75) is 40.2 Å². The van der Waals surface area contributed by atoms with Gasteiger partial charge in [-0.05, 0) is 58.4 Å². The summed E-state index contributed by atoms with van der Waals surface area (Å²) in [5.41, 5.74) is 1.74. The third-order valence-corrected chi connectivity index (χ3v) is 4.11. The van der Waals surface area contributed by atoms with Crippen LogP contribution in [0.15, 0.2) is 29.3 Å². The van der Waals surface area contributed by atoms with Gasteiger partial charge in [0.25, 0.3) is 0 Å². The van der Waals surface area contributed by atoms with E-state index < -0.39 is 11.8 Å². The molecule has 25 heavy (non-hydrogen) atoms. The maximum Gasteiger partial charge on any atom is 0.514 e. The van der Waals surface area contributed by atoms with Crippen LogP contribution in [0.2, 0.25) is 0 Å². The summed E-state index contributed by atoms with van der Waals surface area (Å²) in [5, 5.41) is 1.60. The van der Waals surface area contributed by atoms with Crippen LogP contribution < -0.4 is 9.47 Å². The molecule has 0 heterocycles. The molecular weight excluding hydrogens is 384 g/mol. The van der Waals surface area contributed by atoms with E-state index in [0.717, 1.165) is 37.7 Å². The fourth-order valence-corrected chi connectivity index (χ4v) is 3.12. The Balaban J connectivity index is 2.75. The van der Waals surface area contributed by atoms with Gasteiger partial charge in [0.15, 0.2) is 0 Å². The molecule has 0 aliphatic carbocycles. The lowest BCUT2D eigenvalue weighted by molar-refractivity contribution is 0.0208. The first-order valence-electron chi connectivity index (χ1n) is 7.91. The Morgan fingerprint density at radius 2 is 1.80 bits per heavy atom. The standard InChI is InChI=1S/C20H23BrO4/c1-11(2)16-12(3)17(23-7)14-9-8-13(21)10-15(14)18(16)24-19(22)25-20(4,5)6/h8-10H,1H2,2-7H3. The van der Waals surface area contributed by atoms with Gasteiger partial charge in [-0.3, -0.25) is 0 Å². The molecule has 2 aromatic carbocycles. The summed E-state index contributed by atoms with van der Waals surface area (Å²) in [4.78, 5) is 12.3. The maximum absolute atomic E-state index is 12.3. The van der Waals surface area contributed by atoms with Crippen LogP contribution in [0.5, 0.6) is 11.5 Å². The number of halogens is 1. The molecule has 4 nitrogen and oxygen atoms in total. The maximum atomic E-state index is 12.3. The molecule has 0 amide bonds. The van der Waals surface area contributed by atoms with Crippen molar-refractivity contribution < 1.29 is 19.0 Å². The fraction of sp³-hybridized carbons (Fsp3) is 0.350. The van der Waals surface area contributed by atoms with Crippen LogP contribution in [0.1, 0.15) is 38.8 Å². The Labute approximate surface area is 156 Å². The number of fused-ring (bicyclic) bond motifs is 1. The number of rotatable bonds is 3. The van der Waals surface area contributed by atoms with Crippen molar-refractivity contribution >= 4 is 38.4 Å². The molecule has 0 radical (unpaired) electrons. The minimum Gasteiger partial charge on any atom is -0.496 e. The second-order valence-corrected chi connectivity index (χ2v) is 7.81. The predicted molar refractivity (Wildman–Crippen MR) is 105 cm³/mol. The molecule has 0 aromatic heterocycles. The lowest BCUT2D eigenvalue weighted by Crippen LogP contribution is -2.26. The van der Waals surface area contributed by atoms with E-state index in [0.29, 0.717) is 5.75 Å². The van der Waals surface area contributed by atoms with Crippen LogP contribution in [-0.2, 0) is 4.74 Å². The second kappa shape index (κ2) is 7.08. The summed E-state index contributed by atoms with van der Waals surface area (Å²) in [6.45, 7) is 13.2. The van der Waals surface area contributed by atoms with Gasteiger partial charge >= 0.3 is 6.16 Å². The molecule has 5 heteroatoms. The summed E-state index contributed by atoms with van der Waals surface area (Å²) < 4.78 is 17.4. The van der Waals surface area contributed by atoms with Crippen molar-refractivity contribution in [1.82, 2.24) is 0 Å². The highest BCUT2D eigenvalue weighted by atomic mass is 79.9. The van der Waals surface area contributed by atoms with Gasteiger partial charge in [-0.1, -0.05) is 22.5 Å². The van der Waals surface area contributed by atoms with Crippen LogP contribution in [0, 0.1) is 6.92 Å². The molecule has 2 rings (SSSR count). The van der Waals surface area contributed by atoms with E-state index in [2.05, 4.69) is 22.5 Å². The molecular formula is C20H23BrO4. The molecule has 0 saturated carbocycles. The Bertz CT molecular complexity index is 847. The monoisotopic (exact) mass is 406 g/mol. The molecule has 0 fully saturated rings. The summed E-state index contributed by atoms with van der Waals surface area (Å²) in [6, 6.07) is 5.74. The van der Waals surface area contributed by atoms with Crippen LogP contribution in [0.3, 0.4) is 0 Å². The average molecular weight is 407 g/mol. The Kier molecular flexibility index (Phi) is 5.47. The third-order valence-electron chi connectivity index (χ3n) is 3.62. The van der Waals surface area contributed by atoms with E-state index in [1.807, 2.05) is 32.0 Å². The number of methoxy groups -OCH3 is 1. The van der Waals surface area contributed by atoms with Crippen molar-refractivity contribution in [1.29, 1.82) is 0 Å². The quantitative estimate of drug-likeness (QED) is 0.445. The van der Waals surface area contributed by atoms with Gasteiger partial charge in [0.05, 0.1) is 7.11 Å². The third kappa shape index (κ3) is 4.15. The minimum absolute atomic E-state index is 0.427. The summed E-state index contributed by atoms with van der Waals surface area (Å²) in [6.07, 6.45) is -0.749. The smallest absolute Gasteiger partial charge is 0.496 e. The molecule has 0 spiro atoms. The molecule has 0 aliphatic heterocycles. The fourth-order valence-electron chi connectivity index (χ4n) is 2.76. The Morgan fingerprint density at radius 1 is 1.16 bits per heavy atom. The molecule has 0 atom stereocenters. The second-order valence-electron chi connectivity index (χ2n) is 6.90. The van der Waals surface area contributed by atoms with Crippen molar-refractivity contribution in [2.75, 3.05) is 7.11 Å². The Morgan fingerprint density at radius 3 is 2.32 bits per heavy atom. The topological polar surface area (TPSA) is 44.8 Å². The van der Waals surface area contributed by atoms with Gasteiger partial charge in [-0.25, -0.2) is 4.79 Å². The number of hydrogen-bond acceptors (Lipinski definition) is 4. The van der Waals surface area contributed by atoms with Crippen LogP contribution >= 0.6 is 15.9 Å². The Hall–Kier alpha value is -2.01. The van der Waals surface area contributed by atoms with Gasteiger partial charge in [0.2, 0.25) is 0 Å². The van der Waals surface area contributed by atoms with Crippen molar-refractivity contribution in [3.05, 3.63) is 40.4 Å². The summed E-state index contributed by atoms with van der Waals surface area (Å²) >= 11 is 3.47.